The molecule has 7 heteroatoms. The van der Waals surface area contributed by atoms with Crippen LogP contribution < -0.4 is 5.43 Å². The molecule has 0 aliphatic heterocycles. The molecule has 0 amide bonds. The van der Waals surface area contributed by atoms with E-state index in [1.807, 2.05) is 0 Å². The second kappa shape index (κ2) is 4.70. The smallest absolute Gasteiger partial charge is 0.306 e. The Kier molecular flexibility index (Phi) is 3.06. The van der Waals surface area contributed by atoms with Crippen molar-refractivity contribution in [3.63, 3.8) is 0 Å². The fourth-order valence-electron chi connectivity index (χ4n) is 2.21. The summed E-state index contributed by atoms with van der Waals surface area (Å²) < 4.78 is 9.97. The van der Waals surface area contributed by atoms with Crippen molar-refractivity contribution in [2.75, 3.05) is 7.11 Å². The Hall–Kier alpha value is -2.61. The molecular formula is C15H12O7. The number of hydrogen-bond acceptors (Lipinski definition) is 7. The molecule has 3 aromatic rings. The molecule has 0 aliphatic rings. The number of phenols is 2. The highest BCUT2D eigenvalue weighted by Gasteiger charge is 2.26. The van der Waals surface area contributed by atoms with Gasteiger partial charge in [-0.05, 0) is 30.3 Å². The van der Waals surface area contributed by atoms with Gasteiger partial charge in [0.15, 0.2) is 11.3 Å². The third-order valence-corrected chi connectivity index (χ3v) is 3.45. The summed E-state index contributed by atoms with van der Waals surface area (Å²) in [6, 6.07) is 6.36. The van der Waals surface area contributed by atoms with E-state index in [1.165, 1.54) is 30.3 Å². The number of aliphatic hydroxyl groups is 2. The number of ether oxygens (including phenoxy) is 1. The number of fused-ring (bicyclic) bond motifs is 2. The maximum absolute atomic E-state index is 12.5. The number of aromatic hydroxyl groups is 2. The van der Waals surface area contributed by atoms with Gasteiger partial charge >= 0.3 is 5.97 Å². The summed E-state index contributed by atoms with van der Waals surface area (Å²) in [6.07, 6.45) is 0. The summed E-state index contributed by atoms with van der Waals surface area (Å²) in [5.41, 5.74) is -0.553. The quantitative estimate of drug-likeness (QED) is 0.318. The van der Waals surface area contributed by atoms with Crippen LogP contribution in [-0.2, 0) is 10.7 Å². The van der Waals surface area contributed by atoms with Crippen LogP contribution in [0.3, 0.4) is 0 Å². The largest absolute Gasteiger partial charge is 0.504 e. The number of benzene rings is 2. The van der Waals surface area contributed by atoms with Crippen LogP contribution in [0, 0.1) is 0 Å². The Morgan fingerprint density at radius 2 is 1.82 bits per heavy atom. The molecule has 4 N–H and O–H groups in total. The zero-order chi connectivity index (χ0) is 16.1. The van der Waals surface area contributed by atoms with Crippen LogP contribution in [0.4, 0.5) is 0 Å². The minimum absolute atomic E-state index is 0.0443. The molecule has 3 rings (SSSR count). The third kappa shape index (κ3) is 2.00. The molecule has 0 unspecified atom stereocenters. The van der Waals surface area contributed by atoms with Gasteiger partial charge in [-0.2, -0.15) is 0 Å². The van der Waals surface area contributed by atoms with Crippen molar-refractivity contribution < 1.29 is 29.6 Å². The van der Waals surface area contributed by atoms with Gasteiger partial charge in [0, 0.05) is 12.7 Å². The summed E-state index contributed by atoms with van der Waals surface area (Å²) >= 11 is 0. The van der Waals surface area contributed by atoms with Gasteiger partial charge in [0.2, 0.25) is 11.2 Å². The molecule has 22 heavy (non-hydrogen) atoms. The zero-order valence-electron chi connectivity index (χ0n) is 11.4. The molecule has 0 saturated heterocycles. The molecule has 0 fully saturated rings. The zero-order valence-corrected chi connectivity index (χ0v) is 11.4. The van der Waals surface area contributed by atoms with Crippen LogP contribution in [0.15, 0.2) is 39.5 Å². The van der Waals surface area contributed by atoms with Gasteiger partial charge in [-0.3, -0.25) is 4.79 Å². The van der Waals surface area contributed by atoms with Gasteiger partial charge < -0.3 is 29.6 Å². The number of hydrogen-bond donors (Lipinski definition) is 4. The van der Waals surface area contributed by atoms with E-state index < -0.39 is 22.9 Å². The Balaban J connectivity index is 2.40. The summed E-state index contributed by atoms with van der Waals surface area (Å²) in [5, 5.41) is 38.7. The molecule has 2 aromatic carbocycles. The van der Waals surface area contributed by atoms with E-state index in [0.717, 1.165) is 7.11 Å². The fraction of sp³-hybridized carbons (Fsp3) is 0.133. The lowest BCUT2D eigenvalue weighted by Gasteiger charge is -2.19. The van der Waals surface area contributed by atoms with E-state index in [9.17, 15) is 25.2 Å². The van der Waals surface area contributed by atoms with Crippen LogP contribution in [0.25, 0.3) is 21.9 Å². The normalized spacial score (nSPS) is 12.1. The predicted octanol–water partition coefficient (Wildman–Crippen LogP) is 1.10. The van der Waals surface area contributed by atoms with Gasteiger partial charge in [0.25, 0.3) is 0 Å². The molecule has 0 saturated carbocycles. The van der Waals surface area contributed by atoms with E-state index in [-0.39, 0.29) is 27.5 Å². The molecule has 1 aromatic heterocycles. The first-order valence-electron chi connectivity index (χ1n) is 6.27. The van der Waals surface area contributed by atoms with Crippen LogP contribution in [0.5, 0.6) is 11.5 Å². The predicted molar refractivity (Wildman–Crippen MR) is 76.4 cm³/mol. The lowest BCUT2D eigenvalue weighted by molar-refractivity contribution is -0.338. The first-order chi connectivity index (χ1) is 10.3. The molecule has 0 aliphatic carbocycles. The molecular weight excluding hydrogens is 292 g/mol. The summed E-state index contributed by atoms with van der Waals surface area (Å²) in [6.45, 7) is 0. The van der Waals surface area contributed by atoms with E-state index in [2.05, 4.69) is 4.74 Å². The number of phenolic OH excluding ortho intramolecular Hbond substituents is 2. The van der Waals surface area contributed by atoms with Crippen molar-refractivity contribution in [2.45, 2.75) is 5.97 Å². The van der Waals surface area contributed by atoms with E-state index in [4.69, 9.17) is 4.42 Å². The van der Waals surface area contributed by atoms with Gasteiger partial charge in [0.1, 0.15) is 5.58 Å². The van der Waals surface area contributed by atoms with Crippen LogP contribution >= 0.6 is 0 Å². The van der Waals surface area contributed by atoms with Gasteiger partial charge in [0.05, 0.1) is 10.8 Å². The highest BCUT2D eigenvalue weighted by Crippen LogP contribution is 2.34. The average molecular weight is 304 g/mol. The topological polar surface area (TPSA) is 120 Å². The summed E-state index contributed by atoms with van der Waals surface area (Å²) in [5.74, 6) is -3.47. The van der Waals surface area contributed by atoms with Crippen LogP contribution in [-0.4, -0.2) is 27.5 Å². The van der Waals surface area contributed by atoms with Crippen molar-refractivity contribution in [2.24, 2.45) is 0 Å². The van der Waals surface area contributed by atoms with Crippen molar-refractivity contribution >= 4 is 21.9 Å². The van der Waals surface area contributed by atoms with Crippen molar-refractivity contribution in [1.29, 1.82) is 0 Å². The summed E-state index contributed by atoms with van der Waals surface area (Å²) in [4.78, 5) is 12.5. The second-order valence-electron chi connectivity index (χ2n) is 4.76. The minimum atomic E-state index is -2.54. The first-order valence-corrected chi connectivity index (χ1v) is 6.27. The second-order valence-corrected chi connectivity index (χ2v) is 4.76. The van der Waals surface area contributed by atoms with Crippen LogP contribution in [0.1, 0.15) is 5.56 Å². The van der Waals surface area contributed by atoms with E-state index >= 15 is 0 Å². The Morgan fingerprint density at radius 3 is 2.50 bits per heavy atom. The van der Waals surface area contributed by atoms with Gasteiger partial charge in [-0.25, -0.2) is 0 Å². The molecule has 1 heterocycles. The van der Waals surface area contributed by atoms with E-state index in [0.29, 0.717) is 0 Å². The fourth-order valence-corrected chi connectivity index (χ4v) is 2.21. The van der Waals surface area contributed by atoms with E-state index in [1.54, 1.807) is 0 Å². The molecule has 114 valence electrons. The lowest BCUT2D eigenvalue weighted by Crippen LogP contribution is -2.27. The average Bonchev–Trinajstić information content (AvgIpc) is 2.51. The maximum atomic E-state index is 12.5. The Labute approximate surface area is 123 Å². The molecule has 0 atom stereocenters. The number of rotatable bonds is 2. The number of methoxy groups -OCH3 is 1. The SMILES string of the molecule is COC(O)(O)c1ccc2oc3c(O)c(O)ccc3c(=O)c2c1. The highest BCUT2D eigenvalue weighted by atomic mass is 16.8. The minimum Gasteiger partial charge on any atom is -0.504 e. The third-order valence-electron chi connectivity index (χ3n) is 3.45. The maximum Gasteiger partial charge on any atom is 0.306 e. The Bertz CT molecular complexity index is 940. The molecule has 0 bridgehead atoms. The van der Waals surface area contributed by atoms with Crippen molar-refractivity contribution in [1.82, 2.24) is 0 Å². The van der Waals surface area contributed by atoms with Crippen molar-refractivity contribution in [3.8, 4) is 11.5 Å². The lowest BCUT2D eigenvalue weighted by atomic mass is 10.1. The molecule has 0 spiro atoms. The first kappa shape index (κ1) is 14.3. The molecule has 7 nitrogen and oxygen atoms in total. The summed E-state index contributed by atoms with van der Waals surface area (Å²) in [7, 11) is 1.11. The molecule has 0 radical (unpaired) electrons. The Morgan fingerprint density at radius 1 is 1.09 bits per heavy atom. The standard InChI is InChI=1S/C15H12O7/c1-21-15(19,20)7-2-5-11-9(6-7)12(17)8-3-4-10(16)13(18)14(8)22-11/h2-6,16,18-20H,1H3. The van der Waals surface area contributed by atoms with Gasteiger partial charge in [-0.15, -0.1) is 0 Å². The van der Waals surface area contributed by atoms with Gasteiger partial charge in [-0.1, -0.05) is 0 Å². The highest BCUT2D eigenvalue weighted by molar-refractivity contribution is 5.93. The monoisotopic (exact) mass is 304 g/mol. The van der Waals surface area contributed by atoms with Crippen LogP contribution in [0.2, 0.25) is 0 Å². The van der Waals surface area contributed by atoms with Crippen molar-refractivity contribution in [3.05, 3.63) is 46.1 Å².